The second-order valence-corrected chi connectivity index (χ2v) is 9.58. The molecule has 0 amide bonds. The van der Waals surface area contributed by atoms with Gasteiger partial charge in [0.2, 0.25) is 0 Å². The lowest BCUT2D eigenvalue weighted by Crippen LogP contribution is -2.54. The van der Waals surface area contributed by atoms with Crippen LogP contribution < -0.4 is 0 Å². The molecule has 0 aliphatic heterocycles. The molecule has 4 rings (SSSR count). The van der Waals surface area contributed by atoms with E-state index in [2.05, 4.69) is 13.8 Å². The number of fused-ring (bicyclic) bond motifs is 5. The van der Waals surface area contributed by atoms with Crippen molar-refractivity contribution in [3.05, 3.63) is 0 Å². The topological polar surface area (TPSA) is 43.4 Å². The van der Waals surface area contributed by atoms with E-state index >= 15 is 0 Å². The van der Waals surface area contributed by atoms with Crippen LogP contribution in [0, 0.1) is 34.5 Å². The summed E-state index contributed by atoms with van der Waals surface area (Å²) in [5, 5.41) is 0. The van der Waals surface area contributed by atoms with Gasteiger partial charge in [0.15, 0.2) is 0 Å². The number of rotatable bonds is 1. The zero-order chi connectivity index (χ0) is 17.1. The molecule has 4 aliphatic rings. The normalized spacial score (nSPS) is 50.6. The highest BCUT2D eigenvalue weighted by Gasteiger charge is 2.60. The molecule has 3 heteroatoms. The molecule has 0 aromatic rings. The molecule has 0 bridgehead atoms. The molecule has 0 saturated heterocycles. The third-order valence-electron chi connectivity index (χ3n) is 8.66. The quantitative estimate of drug-likeness (QED) is 0.663. The number of esters is 1. The minimum absolute atomic E-state index is 0.0146. The fourth-order valence-corrected chi connectivity index (χ4v) is 7.33. The van der Waals surface area contributed by atoms with Gasteiger partial charge in [-0.15, -0.1) is 0 Å². The number of ketones is 1. The van der Waals surface area contributed by atoms with Crippen molar-refractivity contribution in [3.8, 4) is 0 Å². The van der Waals surface area contributed by atoms with E-state index in [0.29, 0.717) is 23.0 Å². The number of hydrogen-bond acceptors (Lipinski definition) is 3. The second kappa shape index (κ2) is 5.57. The number of carbonyl (C=O) groups excluding carboxylic acids is 2. The SMILES string of the molecule is CC(=O)O[C@H]1CC[C@@]2(C)C(CCC3C2CC[C@]2(C)C(=O)CCC32)C1. The van der Waals surface area contributed by atoms with Crippen molar-refractivity contribution in [2.24, 2.45) is 34.5 Å². The van der Waals surface area contributed by atoms with Gasteiger partial charge in [-0.25, -0.2) is 0 Å². The van der Waals surface area contributed by atoms with Crippen molar-refractivity contribution in [1.82, 2.24) is 0 Å². The Morgan fingerprint density at radius 2 is 1.83 bits per heavy atom. The van der Waals surface area contributed by atoms with Gasteiger partial charge < -0.3 is 4.74 Å². The van der Waals surface area contributed by atoms with Crippen LogP contribution in [0.4, 0.5) is 0 Å². The summed E-state index contributed by atoms with van der Waals surface area (Å²) < 4.78 is 5.54. The molecule has 4 aliphatic carbocycles. The van der Waals surface area contributed by atoms with Crippen LogP contribution in [0.3, 0.4) is 0 Å². The highest BCUT2D eigenvalue weighted by Crippen LogP contribution is 2.65. The lowest BCUT2D eigenvalue weighted by atomic mass is 9.45. The lowest BCUT2D eigenvalue weighted by Gasteiger charge is -2.60. The van der Waals surface area contributed by atoms with Crippen LogP contribution in [0.5, 0.6) is 0 Å². The Bertz CT molecular complexity index is 555. The Labute approximate surface area is 145 Å². The molecule has 0 heterocycles. The molecular formula is C21H32O3. The largest absolute Gasteiger partial charge is 0.463 e. The molecule has 24 heavy (non-hydrogen) atoms. The van der Waals surface area contributed by atoms with Gasteiger partial charge in [-0.3, -0.25) is 9.59 Å². The standard InChI is InChI=1S/C21H32O3/c1-13(22)24-15-8-10-20(2)14(12-15)4-5-16-17-6-7-19(23)21(17,3)11-9-18(16)20/h14-18H,4-12H2,1-3H3/t14?,15-,16?,17?,18?,20-,21-/m0/s1. The average Bonchev–Trinajstić information content (AvgIpc) is 2.83. The average molecular weight is 332 g/mol. The van der Waals surface area contributed by atoms with E-state index in [0.717, 1.165) is 43.9 Å². The van der Waals surface area contributed by atoms with E-state index in [1.54, 1.807) is 0 Å². The molecule has 0 spiro atoms. The van der Waals surface area contributed by atoms with Crippen LogP contribution in [-0.4, -0.2) is 17.9 Å². The first-order valence-electron chi connectivity index (χ1n) is 10.0. The van der Waals surface area contributed by atoms with Crippen LogP contribution in [0.2, 0.25) is 0 Å². The zero-order valence-corrected chi connectivity index (χ0v) is 15.5. The molecule has 4 fully saturated rings. The molecule has 0 aromatic heterocycles. The molecule has 7 atom stereocenters. The minimum atomic E-state index is -0.129. The number of hydrogen-bond donors (Lipinski definition) is 0. The van der Waals surface area contributed by atoms with Crippen molar-refractivity contribution >= 4 is 11.8 Å². The summed E-state index contributed by atoms with van der Waals surface area (Å²) in [7, 11) is 0. The smallest absolute Gasteiger partial charge is 0.302 e. The summed E-state index contributed by atoms with van der Waals surface area (Å²) >= 11 is 0. The van der Waals surface area contributed by atoms with Gasteiger partial charge in [0.25, 0.3) is 0 Å². The zero-order valence-electron chi connectivity index (χ0n) is 15.5. The second-order valence-electron chi connectivity index (χ2n) is 9.58. The first kappa shape index (κ1) is 16.6. The summed E-state index contributed by atoms with van der Waals surface area (Å²) in [6, 6.07) is 0. The highest BCUT2D eigenvalue weighted by atomic mass is 16.5. The molecule has 0 radical (unpaired) electrons. The summed E-state index contributed by atoms with van der Waals surface area (Å²) in [4.78, 5) is 23.8. The van der Waals surface area contributed by atoms with Crippen LogP contribution in [0.1, 0.15) is 78.6 Å². The fourth-order valence-electron chi connectivity index (χ4n) is 7.33. The molecule has 4 unspecified atom stereocenters. The lowest BCUT2D eigenvalue weighted by molar-refractivity contribution is -0.160. The fraction of sp³-hybridized carbons (Fsp3) is 0.905. The highest BCUT2D eigenvalue weighted by molar-refractivity contribution is 5.87. The van der Waals surface area contributed by atoms with E-state index in [1.165, 1.54) is 32.6 Å². The van der Waals surface area contributed by atoms with Gasteiger partial charge in [-0.1, -0.05) is 13.8 Å². The Balaban J connectivity index is 1.54. The maximum atomic E-state index is 12.5. The van der Waals surface area contributed by atoms with Crippen LogP contribution in [-0.2, 0) is 14.3 Å². The number of Topliss-reactive ketones (excluding diaryl/α,β-unsaturated/α-hetero) is 1. The molecular weight excluding hydrogens is 300 g/mol. The predicted molar refractivity (Wildman–Crippen MR) is 92.3 cm³/mol. The van der Waals surface area contributed by atoms with E-state index in [9.17, 15) is 9.59 Å². The van der Waals surface area contributed by atoms with Gasteiger partial charge in [0.1, 0.15) is 11.9 Å². The molecule has 134 valence electrons. The van der Waals surface area contributed by atoms with E-state index in [4.69, 9.17) is 4.74 Å². The minimum Gasteiger partial charge on any atom is -0.463 e. The molecule has 3 nitrogen and oxygen atoms in total. The summed E-state index contributed by atoms with van der Waals surface area (Å²) in [6.07, 6.45) is 10.2. The van der Waals surface area contributed by atoms with Crippen LogP contribution in [0.25, 0.3) is 0 Å². The maximum Gasteiger partial charge on any atom is 0.302 e. The third kappa shape index (κ3) is 2.29. The van der Waals surface area contributed by atoms with Crippen molar-refractivity contribution in [1.29, 1.82) is 0 Å². The molecule has 0 aromatic carbocycles. The first-order valence-corrected chi connectivity index (χ1v) is 10.0. The third-order valence-corrected chi connectivity index (χ3v) is 8.66. The van der Waals surface area contributed by atoms with E-state index in [1.807, 2.05) is 0 Å². The van der Waals surface area contributed by atoms with Crippen LogP contribution in [0.15, 0.2) is 0 Å². The summed E-state index contributed by atoms with van der Waals surface area (Å²) in [6.45, 7) is 6.30. The molecule has 4 saturated carbocycles. The number of ether oxygens (including phenoxy) is 1. The van der Waals surface area contributed by atoms with Gasteiger partial charge in [0.05, 0.1) is 0 Å². The van der Waals surface area contributed by atoms with Gasteiger partial charge in [-0.2, -0.15) is 0 Å². The van der Waals surface area contributed by atoms with Crippen molar-refractivity contribution in [2.75, 3.05) is 0 Å². The Morgan fingerprint density at radius 3 is 2.58 bits per heavy atom. The number of carbonyl (C=O) groups is 2. The Kier molecular flexibility index (Phi) is 3.85. The van der Waals surface area contributed by atoms with E-state index < -0.39 is 0 Å². The summed E-state index contributed by atoms with van der Waals surface area (Å²) in [5.74, 6) is 3.26. The van der Waals surface area contributed by atoms with Gasteiger partial charge >= 0.3 is 5.97 Å². The van der Waals surface area contributed by atoms with E-state index in [-0.39, 0.29) is 17.5 Å². The Morgan fingerprint density at radius 1 is 1.04 bits per heavy atom. The van der Waals surface area contributed by atoms with Gasteiger partial charge in [0, 0.05) is 18.8 Å². The Hall–Kier alpha value is -0.860. The van der Waals surface area contributed by atoms with Crippen molar-refractivity contribution < 1.29 is 14.3 Å². The monoisotopic (exact) mass is 332 g/mol. The van der Waals surface area contributed by atoms with Gasteiger partial charge in [-0.05, 0) is 80.5 Å². The summed E-state index contributed by atoms with van der Waals surface area (Å²) in [5.41, 5.74) is 0.381. The molecule has 0 N–H and O–H groups in total. The van der Waals surface area contributed by atoms with Crippen molar-refractivity contribution in [2.45, 2.75) is 84.7 Å². The maximum absolute atomic E-state index is 12.5. The predicted octanol–water partition coefficient (Wildman–Crippen LogP) is 4.53. The first-order chi connectivity index (χ1) is 11.3. The van der Waals surface area contributed by atoms with Crippen molar-refractivity contribution in [3.63, 3.8) is 0 Å². The van der Waals surface area contributed by atoms with Crippen LogP contribution >= 0.6 is 0 Å².